The van der Waals surface area contributed by atoms with Gasteiger partial charge in [-0.2, -0.15) is 0 Å². The molecular formula is C26H28F2N2O5. The summed E-state index contributed by atoms with van der Waals surface area (Å²) in [5.41, 5.74) is 3.33. The van der Waals surface area contributed by atoms with E-state index in [1.165, 1.54) is 0 Å². The van der Waals surface area contributed by atoms with Crippen molar-refractivity contribution in [3.8, 4) is 11.1 Å². The summed E-state index contributed by atoms with van der Waals surface area (Å²) in [6.45, 7) is 2.56. The van der Waals surface area contributed by atoms with E-state index >= 15 is 0 Å². The highest BCUT2D eigenvalue weighted by molar-refractivity contribution is 5.81. The van der Waals surface area contributed by atoms with E-state index in [1.54, 1.807) is 13.8 Å². The molecule has 2 N–H and O–H groups in total. The van der Waals surface area contributed by atoms with E-state index in [-0.39, 0.29) is 25.5 Å². The summed E-state index contributed by atoms with van der Waals surface area (Å²) in [5, 5.41) is 11.8. The number of hydrogen-bond acceptors (Lipinski definition) is 4. The van der Waals surface area contributed by atoms with Crippen LogP contribution in [0.3, 0.4) is 0 Å². The molecule has 1 saturated heterocycles. The number of alkyl carbamates (subject to hydrolysis) is 1. The molecule has 7 nitrogen and oxygen atoms in total. The fraction of sp³-hybridized carbons (Fsp3) is 0.423. The Morgan fingerprint density at radius 1 is 1.09 bits per heavy atom. The molecule has 2 amide bonds. The summed E-state index contributed by atoms with van der Waals surface area (Å²) < 4.78 is 33.3. The number of nitrogens with zero attached hydrogens (tertiary/aromatic N) is 1. The molecule has 0 bridgehead atoms. The average molecular weight is 487 g/mol. The Hall–Kier alpha value is -3.49. The number of nitrogens with one attached hydrogen (secondary N) is 1. The largest absolute Gasteiger partial charge is 0.481 e. The third-order valence-corrected chi connectivity index (χ3v) is 6.66. The molecule has 1 heterocycles. The molecule has 1 aliphatic heterocycles. The Morgan fingerprint density at radius 3 is 2.23 bits per heavy atom. The van der Waals surface area contributed by atoms with Gasteiger partial charge in [0.1, 0.15) is 12.5 Å². The van der Waals surface area contributed by atoms with Crippen molar-refractivity contribution in [3.63, 3.8) is 0 Å². The van der Waals surface area contributed by atoms with Gasteiger partial charge in [0, 0.05) is 37.4 Å². The standard InChI is InChI=1S/C26H28F2N2O5/c1-25(2,13-22(31)30-12-11-26(27,28)21(14-30)23(32)33)29-24(34)35-15-20-18-9-5-3-7-16(18)17-8-4-6-10-19(17)20/h3-10,20-21H,11-15H2,1-2H3,(H,29,34)(H,32,33). The number of ether oxygens (including phenoxy) is 1. The number of carboxylic acids is 1. The van der Waals surface area contributed by atoms with Crippen LogP contribution in [0.4, 0.5) is 13.6 Å². The van der Waals surface area contributed by atoms with E-state index in [0.717, 1.165) is 27.2 Å². The minimum atomic E-state index is -3.36. The predicted molar refractivity (Wildman–Crippen MR) is 124 cm³/mol. The number of carbonyl (C=O) groups excluding carboxylic acids is 2. The molecule has 9 heteroatoms. The lowest BCUT2D eigenvalue weighted by Crippen LogP contribution is -2.54. The summed E-state index contributed by atoms with van der Waals surface area (Å²) in [6.07, 6.45) is -1.59. The topological polar surface area (TPSA) is 95.9 Å². The highest BCUT2D eigenvalue weighted by atomic mass is 19.3. The summed E-state index contributed by atoms with van der Waals surface area (Å²) in [6, 6.07) is 15.9. The second-order valence-electron chi connectivity index (χ2n) is 9.75. The summed E-state index contributed by atoms with van der Waals surface area (Å²) >= 11 is 0. The van der Waals surface area contributed by atoms with Gasteiger partial charge in [-0.05, 0) is 36.1 Å². The van der Waals surface area contributed by atoms with Crippen molar-refractivity contribution in [2.45, 2.75) is 44.1 Å². The molecule has 2 aliphatic rings. The molecule has 2 aromatic carbocycles. The molecular weight excluding hydrogens is 458 g/mol. The Balaban J connectivity index is 1.34. The minimum absolute atomic E-state index is 0.110. The van der Waals surface area contributed by atoms with Crippen LogP contribution < -0.4 is 5.32 Å². The van der Waals surface area contributed by atoms with Crippen LogP contribution in [-0.2, 0) is 14.3 Å². The zero-order chi connectivity index (χ0) is 25.4. The van der Waals surface area contributed by atoms with Crippen LogP contribution in [0.25, 0.3) is 11.1 Å². The molecule has 1 unspecified atom stereocenters. The first-order chi connectivity index (χ1) is 16.5. The number of fused-ring (bicyclic) bond motifs is 3. The molecule has 0 spiro atoms. The second-order valence-corrected chi connectivity index (χ2v) is 9.75. The van der Waals surface area contributed by atoms with E-state index in [9.17, 15) is 23.2 Å². The van der Waals surface area contributed by atoms with Gasteiger partial charge < -0.3 is 20.1 Å². The van der Waals surface area contributed by atoms with Crippen molar-refractivity contribution in [2.75, 3.05) is 19.7 Å². The highest BCUT2D eigenvalue weighted by Gasteiger charge is 2.49. The number of benzene rings is 2. The quantitative estimate of drug-likeness (QED) is 0.636. The lowest BCUT2D eigenvalue weighted by molar-refractivity contribution is -0.169. The summed E-state index contributed by atoms with van der Waals surface area (Å²) in [4.78, 5) is 37.6. The van der Waals surface area contributed by atoms with Crippen molar-refractivity contribution in [3.05, 3.63) is 59.7 Å². The van der Waals surface area contributed by atoms with Crippen molar-refractivity contribution in [1.82, 2.24) is 10.2 Å². The van der Waals surface area contributed by atoms with Gasteiger partial charge in [0.05, 0.1) is 0 Å². The van der Waals surface area contributed by atoms with E-state index in [1.807, 2.05) is 48.5 Å². The lowest BCUT2D eigenvalue weighted by Gasteiger charge is -2.37. The monoisotopic (exact) mass is 486 g/mol. The molecule has 4 rings (SSSR count). The molecule has 1 aliphatic carbocycles. The van der Waals surface area contributed by atoms with Crippen LogP contribution >= 0.6 is 0 Å². The van der Waals surface area contributed by atoms with Crippen LogP contribution in [0.5, 0.6) is 0 Å². The number of halogens is 2. The number of amides is 2. The number of hydrogen-bond donors (Lipinski definition) is 2. The van der Waals surface area contributed by atoms with E-state index in [2.05, 4.69) is 5.32 Å². The Labute approximate surface area is 202 Å². The third-order valence-electron chi connectivity index (χ3n) is 6.66. The van der Waals surface area contributed by atoms with Gasteiger partial charge in [0.15, 0.2) is 0 Å². The van der Waals surface area contributed by atoms with Crippen molar-refractivity contribution < 1.29 is 33.0 Å². The Bertz CT molecular complexity index is 1100. The summed E-state index contributed by atoms with van der Waals surface area (Å²) in [5.74, 6) is -7.56. The minimum Gasteiger partial charge on any atom is -0.481 e. The van der Waals surface area contributed by atoms with Crippen LogP contribution in [0, 0.1) is 5.92 Å². The van der Waals surface area contributed by atoms with Gasteiger partial charge in [-0.3, -0.25) is 9.59 Å². The SMILES string of the molecule is CC(C)(CC(=O)N1CCC(F)(F)C(C(=O)O)C1)NC(=O)OCC1c2ccccc2-c2ccccc21. The highest BCUT2D eigenvalue weighted by Crippen LogP contribution is 2.44. The third kappa shape index (κ3) is 5.13. The molecule has 0 aromatic heterocycles. The molecule has 1 fully saturated rings. The number of piperidine rings is 1. The van der Waals surface area contributed by atoms with E-state index < -0.39 is 48.3 Å². The van der Waals surface area contributed by atoms with E-state index in [4.69, 9.17) is 9.84 Å². The number of likely N-dealkylation sites (tertiary alicyclic amines) is 1. The maximum absolute atomic E-state index is 13.9. The van der Waals surface area contributed by atoms with Gasteiger partial charge in [-0.1, -0.05) is 48.5 Å². The van der Waals surface area contributed by atoms with Crippen LogP contribution in [0.2, 0.25) is 0 Å². The molecule has 1 atom stereocenters. The molecule has 0 radical (unpaired) electrons. The van der Waals surface area contributed by atoms with Crippen LogP contribution in [0.15, 0.2) is 48.5 Å². The van der Waals surface area contributed by atoms with Crippen LogP contribution in [0.1, 0.15) is 43.7 Å². The van der Waals surface area contributed by atoms with Gasteiger partial charge >= 0.3 is 12.1 Å². The lowest BCUT2D eigenvalue weighted by atomic mass is 9.92. The van der Waals surface area contributed by atoms with Gasteiger partial charge in [0.25, 0.3) is 5.92 Å². The first-order valence-corrected chi connectivity index (χ1v) is 11.5. The van der Waals surface area contributed by atoms with Gasteiger partial charge in [0.2, 0.25) is 5.91 Å². The van der Waals surface area contributed by atoms with Crippen molar-refractivity contribution in [2.24, 2.45) is 5.92 Å². The maximum atomic E-state index is 13.9. The summed E-state index contributed by atoms with van der Waals surface area (Å²) in [7, 11) is 0. The molecule has 186 valence electrons. The molecule has 35 heavy (non-hydrogen) atoms. The average Bonchev–Trinajstić information content (AvgIpc) is 3.10. The Morgan fingerprint density at radius 2 is 1.66 bits per heavy atom. The van der Waals surface area contributed by atoms with Crippen LogP contribution in [-0.4, -0.2) is 59.1 Å². The van der Waals surface area contributed by atoms with Crippen molar-refractivity contribution >= 4 is 18.0 Å². The number of carboxylic acid groups (broad SMARTS) is 1. The number of carbonyl (C=O) groups is 3. The zero-order valence-corrected chi connectivity index (χ0v) is 19.6. The zero-order valence-electron chi connectivity index (χ0n) is 19.6. The molecule has 2 aromatic rings. The normalized spacial score (nSPS) is 19.0. The number of rotatable bonds is 6. The fourth-order valence-electron chi connectivity index (χ4n) is 4.83. The van der Waals surface area contributed by atoms with Gasteiger partial charge in [-0.25, -0.2) is 13.6 Å². The maximum Gasteiger partial charge on any atom is 0.407 e. The van der Waals surface area contributed by atoms with E-state index in [0.29, 0.717) is 0 Å². The van der Waals surface area contributed by atoms with Gasteiger partial charge in [-0.15, -0.1) is 0 Å². The second kappa shape index (κ2) is 9.28. The fourth-order valence-corrected chi connectivity index (χ4v) is 4.83. The smallest absolute Gasteiger partial charge is 0.407 e. The Kier molecular flexibility index (Phi) is 6.53. The first kappa shape index (κ1) is 24.6. The number of aliphatic carboxylic acids is 1. The van der Waals surface area contributed by atoms with Crippen molar-refractivity contribution in [1.29, 1.82) is 0 Å². The molecule has 0 saturated carbocycles. The predicted octanol–water partition coefficient (Wildman–Crippen LogP) is 4.26. The number of alkyl halides is 2. The first-order valence-electron chi connectivity index (χ1n) is 11.5.